The Balaban J connectivity index is 2.22. The maximum Gasteiger partial charge on any atom is 0.217 e. The molecule has 0 bridgehead atoms. The standard InChI is InChI=1S/C15H28N4O2S2/c1-11(2)8-18(12-6-7-23(20,21)9-12)10-19-14(22)16-13(17-19)15(3,4)5/h11-12H,6-10H2,1-5H3,(H,16,17,22). The molecule has 2 rings (SSSR count). The molecule has 0 spiro atoms. The highest BCUT2D eigenvalue weighted by molar-refractivity contribution is 7.91. The molecule has 8 heteroatoms. The maximum absolute atomic E-state index is 11.8. The Hall–Kier alpha value is -0.730. The largest absolute Gasteiger partial charge is 0.281 e. The zero-order valence-corrected chi connectivity index (χ0v) is 16.3. The van der Waals surface area contributed by atoms with Crippen molar-refractivity contribution in [1.29, 1.82) is 0 Å². The fourth-order valence-corrected chi connectivity index (χ4v) is 4.78. The zero-order valence-electron chi connectivity index (χ0n) is 14.7. The lowest BCUT2D eigenvalue weighted by molar-refractivity contribution is 0.137. The monoisotopic (exact) mass is 360 g/mol. The van der Waals surface area contributed by atoms with Gasteiger partial charge in [0.15, 0.2) is 9.84 Å². The van der Waals surface area contributed by atoms with E-state index >= 15 is 0 Å². The molecule has 1 aliphatic rings. The molecule has 0 saturated carbocycles. The van der Waals surface area contributed by atoms with Gasteiger partial charge in [0.1, 0.15) is 5.82 Å². The van der Waals surface area contributed by atoms with Crippen molar-refractivity contribution in [2.75, 3.05) is 18.1 Å². The van der Waals surface area contributed by atoms with Crippen LogP contribution in [0.5, 0.6) is 0 Å². The number of nitrogens with zero attached hydrogens (tertiary/aromatic N) is 3. The molecular formula is C15H28N4O2S2. The second kappa shape index (κ2) is 6.64. The average molecular weight is 361 g/mol. The highest BCUT2D eigenvalue weighted by Crippen LogP contribution is 2.21. The summed E-state index contributed by atoms with van der Waals surface area (Å²) in [5, 5.41) is 3.28. The minimum atomic E-state index is -2.90. The van der Waals surface area contributed by atoms with Gasteiger partial charge in [-0.3, -0.25) is 10.00 Å². The summed E-state index contributed by atoms with van der Waals surface area (Å²) in [6.45, 7) is 11.9. The number of sulfone groups is 1. The molecule has 6 nitrogen and oxygen atoms in total. The van der Waals surface area contributed by atoms with E-state index in [0.29, 0.717) is 23.8 Å². The maximum atomic E-state index is 11.8. The van der Waals surface area contributed by atoms with Gasteiger partial charge >= 0.3 is 0 Å². The average Bonchev–Trinajstić information content (AvgIpc) is 2.91. The third-order valence-corrected chi connectivity index (χ3v) is 6.10. The van der Waals surface area contributed by atoms with E-state index in [-0.39, 0.29) is 23.0 Å². The van der Waals surface area contributed by atoms with Crippen molar-refractivity contribution in [2.45, 2.75) is 59.2 Å². The summed E-state index contributed by atoms with van der Waals surface area (Å²) in [5.41, 5.74) is -0.0988. The fourth-order valence-electron chi connectivity index (χ4n) is 2.82. The van der Waals surface area contributed by atoms with E-state index in [4.69, 9.17) is 12.2 Å². The minimum Gasteiger partial charge on any atom is -0.281 e. The normalized spacial score (nSPS) is 21.4. The predicted octanol–water partition coefficient (Wildman–Crippen LogP) is 2.34. The van der Waals surface area contributed by atoms with Crippen molar-refractivity contribution >= 4 is 22.1 Å². The lowest BCUT2D eigenvalue weighted by atomic mass is 9.96. The van der Waals surface area contributed by atoms with Gasteiger partial charge in [0, 0.05) is 18.0 Å². The summed E-state index contributed by atoms with van der Waals surface area (Å²) >= 11 is 5.37. The third-order valence-electron chi connectivity index (χ3n) is 4.04. The second-order valence-corrected chi connectivity index (χ2v) is 10.5. The smallest absolute Gasteiger partial charge is 0.217 e. The number of aromatic nitrogens is 3. The van der Waals surface area contributed by atoms with Crippen molar-refractivity contribution in [2.24, 2.45) is 5.92 Å². The Bertz CT molecular complexity index is 698. The molecule has 2 heterocycles. The van der Waals surface area contributed by atoms with Crippen molar-refractivity contribution in [3.63, 3.8) is 0 Å². The molecule has 1 atom stereocenters. The highest BCUT2D eigenvalue weighted by Gasteiger charge is 2.33. The molecule has 0 amide bonds. The van der Waals surface area contributed by atoms with Crippen LogP contribution in [0, 0.1) is 10.7 Å². The van der Waals surface area contributed by atoms with Crippen LogP contribution in [0.3, 0.4) is 0 Å². The van der Waals surface area contributed by atoms with Crippen LogP contribution in [-0.2, 0) is 21.9 Å². The van der Waals surface area contributed by atoms with Crippen molar-refractivity contribution in [3.05, 3.63) is 10.6 Å². The molecule has 1 fully saturated rings. The molecule has 132 valence electrons. The lowest BCUT2D eigenvalue weighted by Crippen LogP contribution is -2.40. The molecule has 0 aliphatic carbocycles. The molecule has 1 aromatic rings. The van der Waals surface area contributed by atoms with Gasteiger partial charge in [-0.25, -0.2) is 18.1 Å². The molecule has 1 aliphatic heterocycles. The van der Waals surface area contributed by atoms with E-state index in [1.54, 1.807) is 0 Å². The van der Waals surface area contributed by atoms with Crippen LogP contribution in [0.15, 0.2) is 0 Å². The Labute approximate surface area is 144 Å². The van der Waals surface area contributed by atoms with Gasteiger partial charge in [-0.05, 0) is 24.6 Å². The van der Waals surface area contributed by atoms with Gasteiger partial charge in [-0.1, -0.05) is 34.6 Å². The first-order valence-electron chi connectivity index (χ1n) is 8.10. The summed E-state index contributed by atoms with van der Waals surface area (Å²) in [5.74, 6) is 1.84. The topological polar surface area (TPSA) is 71.0 Å². The van der Waals surface area contributed by atoms with Gasteiger partial charge in [-0.15, -0.1) is 0 Å². The molecule has 1 saturated heterocycles. The Kier molecular flexibility index (Phi) is 5.37. The van der Waals surface area contributed by atoms with Crippen molar-refractivity contribution < 1.29 is 8.42 Å². The molecule has 0 aromatic carbocycles. The Morgan fingerprint density at radius 2 is 2.09 bits per heavy atom. The van der Waals surface area contributed by atoms with E-state index in [9.17, 15) is 8.42 Å². The number of rotatable bonds is 5. The van der Waals surface area contributed by atoms with E-state index in [1.807, 2.05) is 4.68 Å². The van der Waals surface area contributed by atoms with Crippen molar-refractivity contribution in [1.82, 2.24) is 19.7 Å². The minimum absolute atomic E-state index is 0.0608. The van der Waals surface area contributed by atoms with E-state index in [2.05, 4.69) is 49.6 Å². The number of hydrogen-bond acceptors (Lipinski definition) is 5. The molecule has 23 heavy (non-hydrogen) atoms. The van der Waals surface area contributed by atoms with Crippen LogP contribution in [0.2, 0.25) is 0 Å². The van der Waals surface area contributed by atoms with Gasteiger partial charge in [-0.2, -0.15) is 0 Å². The van der Waals surface area contributed by atoms with Gasteiger partial charge in [0.05, 0.1) is 18.2 Å². The summed E-state index contributed by atoms with van der Waals surface area (Å²) in [4.78, 5) is 6.66. The first kappa shape index (κ1) is 18.6. The SMILES string of the molecule is CC(C)CN(Cn1[nH]c(C(C)(C)C)nc1=S)C1CCS(=O)(=O)C1. The first-order valence-corrected chi connectivity index (χ1v) is 10.3. The highest BCUT2D eigenvalue weighted by atomic mass is 32.2. The van der Waals surface area contributed by atoms with Crippen molar-refractivity contribution in [3.8, 4) is 0 Å². The van der Waals surface area contributed by atoms with E-state index in [0.717, 1.165) is 12.4 Å². The second-order valence-electron chi connectivity index (χ2n) is 7.90. The summed E-state index contributed by atoms with van der Waals surface area (Å²) in [6, 6.07) is 0.0608. The van der Waals surface area contributed by atoms with Crippen LogP contribution in [-0.4, -0.2) is 52.2 Å². The molecular weight excluding hydrogens is 332 g/mol. The Morgan fingerprint density at radius 1 is 1.43 bits per heavy atom. The van der Waals surface area contributed by atoms with Crippen LogP contribution in [0.25, 0.3) is 0 Å². The summed E-state index contributed by atoms with van der Waals surface area (Å²) in [6.07, 6.45) is 0.697. The molecule has 1 unspecified atom stereocenters. The van der Waals surface area contributed by atoms with Gasteiger partial charge < -0.3 is 0 Å². The molecule has 1 aromatic heterocycles. The van der Waals surface area contributed by atoms with Gasteiger partial charge in [0.25, 0.3) is 0 Å². The summed E-state index contributed by atoms with van der Waals surface area (Å²) < 4.78 is 26.0. The predicted molar refractivity (Wildman–Crippen MR) is 94.7 cm³/mol. The fraction of sp³-hybridized carbons (Fsp3) is 0.867. The van der Waals surface area contributed by atoms with E-state index in [1.165, 1.54) is 0 Å². The number of aromatic amines is 1. The lowest BCUT2D eigenvalue weighted by Gasteiger charge is -2.29. The zero-order chi connectivity index (χ0) is 17.4. The molecule has 1 N–H and O–H groups in total. The van der Waals surface area contributed by atoms with Gasteiger partial charge in [0.2, 0.25) is 4.77 Å². The number of H-pyrrole nitrogens is 1. The first-order chi connectivity index (χ1) is 10.5. The number of nitrogens with one attached hydrogen (secondary N) is 1. The Morgan fingerprint density at radius 3 is 2.52 bits per heavy atom. The van der Waals surface area contributed by atoms with Crippen LogP contribution >= 0.6 is 12.2 Å². The quantitative estimate of drug-likeness (QED) is 0.816. The third kappa shape index (κ3) is 4.87. The summed E-state index contributed by atoms with van der Waals surface area (Å²) in [7, 11) is -2.90. The molecule has 0 radical (unpaired) electrons. The van der Waals surface area contributed by atoms with Crippen LogP contribution in [0.1, 0.15) is 46.9 Å². The number of hydrogen-bond donors (Lipinski definition) is 1. The van der Waals surface area contributed by atoms with Crippen LogP contribution < -0.4 is 0 Å². The van der Waals surface area contributed by atoms with Crippen LogP contribution in [0.4, 0.5) is 0 Å². The van der Waals surface area contributed by atoms with E-state index < -0.39 is 9.84 Å².